The molecule has 0 fully saturated rings. The Balaban J connectivity index is 1.67. The zero-order valence-electron chi connectivity index (χ0n) is 16.8. The number of rotatable bonds is 5. The van der Waals surface area contributed by atoms with E-state index in [0.717, 1.165) is 58.1 Å². The van der Waals surface area contributed by atoms with E-state index in [9.17, 15) is 0 Å². The van der Waals surface area contributed by atoms with Crippen molar-refractivity contribution in [3.8, 4) is 22.8 Å². The first-order valence-corrected chi connectivity index (χ1v) is 9.81. The van der Waals surface area contributed by atoms with E-state index in [1.165, 1.54) is 5.56 Å². The van der Waals surface area contributed by atoms with Crippen molar-refractivity contribution in [2.75, 3.05) is 13.7 Å². The van der Waals surface area contributed by atoms with E-state index in [-0.39, 0.29) is 6.10 Å². The number of aromatic amines is 1. The number of nitrogens with one attached hydrogen (secondary N) is 1. The van der Waals surface area contributed by atoms with Gasteiger partial charge < -0.3 is 9.47 Å². The summed E-state index contributed by atoms with van der Waals surface area (Å²) in [7, 11) is 1.71. The van der Waals surface area contributed by atoms with E-state index in [4.69, 9.17) is 19.6 Å². The highest BCUT2D eigenvalue weighted by Crippen LogP contribution is 2.31. The molecule has 2 aromatic carbocycles. The standard InChI is InChI=1S/C22H23N5O2/c1-13-8-16-12-23-25-19(16)11-18(13)22-24-21(9-14(2)28-3)26-27(22)17-4-5-20-15(10-17)6-7-29-20/h4-5,8,10-12,14H,6-7,9H2,1-3H3,(H,23,25). The second-order valence-electron chi connectivity index (χ2n) is 7.53. The average Bonchev–Trinajstić information content (AvgIpc) is 3.45. The first-order valence-electron chi connectivity index (χ1n) is 9.81. The Morgan fingerprint density at radius 3 is 3.03 bits per heavy atom. The highest BCUT2D eigenvalue weighted by Gasteiger charge is 2.20. The minimum atomic E-state index is 0.0447. The number of methoxy groups -OCH3 is 1. The van der Waals surface area contributed by atoms with Crippen LogP contribution in [0.25, 0.3) is 28.0 Å². The molecule has 7 nitrogen and oxygen atoms in total. The molecule has 0 radical (unpaired) electrons. The summed E-state index contributed by atoms with van der Waals surface area (Å²) in [6, 6.07) is 10.4. The number of ether oxygens (including phenoxy) is 2. The Kier molecular flexibility index (Phi) is 4.32. The van der Waals surface area contributed by atoms with Crippen molar-refractivity contribution < 1.29 is 9.47 Å². The molecular formula is C22H23N5O2. The minimum Gasteiger partial charge on any atom is -0.493 e. The average molecular weight is 389 g/mol. The fraction of sp³-hybridized carbons (Fsp3) is 0.318. The quantitative estimate of drug-likeness (QED) is 0.564. The number of hydrogen-bond donors (Lipinski definition) is 1. The summed E-state index contributed by atoms with van der Waals surface area (Å²) in [6.45, 7) is 4.85. The smallest absolute Gasteiger partial charge is 0.163 e. The summed E-state index contributed by atoms with van der Waals surface area (Å²) in [5.41, 5.74) is 5.33. The summed E-state index contributed by atoms with van der Waals surface area (Å²) in [5, 5.41) is 13.1. The molecule has 5 rings (SSSR count). The van der Waals surface area contributed by atoms with Gasteiger partial charge in [0.25, 0.3) is 0 Å². The van der Waals surface area contributed by atoms with Gasteiger partial charge in [-0.2, -0.15) is 10.2 Å². The largest absolute Gasteiger partial charge is 0.493 e. The SMILES string of the molecule is COC(C)Cc1nc(-c2cc3[nH]ncc3cc2C)n(-c2ccc3c(c2)CCO3)n1. The lowest BCUT2D eigenvalue weighted by Crippen LogP contribution is -2.10. The predicted octanol–water partition coefficient (Wildman–Crippen LogP) is 3.63. The third kappa shape index (κ3) is 3.17. The van der Waals surface area contributed by atoms with Gasteiger partial charge in [0.2, 0.25) is 0 Å². The first-order chi connectivity index (χ1) is 14.1. The van der Waals surface area contributed by atoms with Crippen LogP contribution >= 0.6 is 0 Å². The van der Waals surface area contributed by atoms with Gasteiger partial charge in [-0.25, -0.2) is 9.67 Å². The molecule has 1 atom stereocenters. The molecule has 0 amide bonds. The van der Waals surface area contributed by atoms with Crippen LogP contribution < -0.4 is 4.74 Å². The maximum atomic E-state index is 5.66. The maximum absolute atomic E-state index is 5.66. The molecule has 0 saturated heterocycles. The van der Waals surface area contributed by atoms with Crippen molar-refractivity contribution >= 4 is 10.9 Å². The van der Waals surface area contributed by atoms with Crippen LogP contribution in [0.4, 0.5) is 0 Å². The van der Waals surface area contributed by atoms with Crippen LogP contribution in [-0.2, 0) is 17.6 Å². The second kappa shape index (κ2) is 7.00. The lowest BCUT2D eigenvalue weighted by molar-refractivity contribution is 0.117. The van der Waals surface area contributed by atoms with Crippen molar-refractivity contribution in [3.63, 3.8) is 0 Å². The molecule has 0 spiro atoms. The molecule has 0 saturated carbocycles. The fourth-order valence-electron chi connectivity index (χ4n) is 3.79. The number of aryl methyl sites for hydroxylation is 1. The van der Waals surface area contributed by atoms with E-state index < -0.39 is 0 Å². The van der Waals surface area contributed by atoms with Crippen molar-refractivity contribution in [1.82, 2.24) is 25.0 Å². The summed E-state index contributed by atoms with van der Waals surface area (Å²) < 4.78 is 13.0. The zero-order valence-corrected chi connectivity index (χ0v) is 16.8. The van der Waals surface area contributed by atoms with Crippen molar-refractivity contribution in [1.29, 1.82) is 0 Å². The van der Waals surface area contributed by atoms with E-state index in [2.05, 4.69) is 35.3 Å². The van der Waals surface area contributed by atoms with Crippen LogP contribution in [0.1, 0.15) is 23.9 Å². The summed E-state index contributed by atoms with van der Waals surface area (Å²) in [5.74, 6) is 2.53. The molecule has 7 heteroatoms. The molecular weight excluding hydrogens is 366 g/mol. The number of nitrogens with zero attached hydrogens (tertiary/aromatic N) is 4. The van der Waals surface area contributed by atoms with Crippen molar-refractivity contribution in [2.24, 2.45) is 0 Å². The molecule has 1 aliphatic heterocycles. The van der Waals surface area contributed by atoms with E-state index in [0.29, 0.717) is 6.42 Å². The first kappa shape index (κ1) is 17.9. The van der Waals surface area contributed by atoms with E-state index in [1.807, 2.05) is 29.9 Å². The molecule has 1 unspecified atom stereocenters. The normalized spacial score (nSPS) is 14.2. The molecule has 29 heavy (non-hydrogen) atoms. The molecule has 0 aliphatic carbocycles. The van der Waals surface area contributed by atoms with E-state index in [1.54, 1.807) is 7.11 Å². The van der Waals surface area contributed by atoms with Crippen LogP contribution in [0.3, 0.4) is 0 Å². The van der Waals surface area contributed by atoms with E-state index >= 15 is 0 Å². The maximum Gasteiger partial charge on any atom is 0.163 e. The van der Waals surface area contributed by atoms with Crippen LogP contribution in [-0.4, -0.2) is 44.8 Å². The van der Waals surface area contributed by atoms with Crippen LogP contribution in [0, 0.1) is 6.92 Å². The van der Waals surface area contributed by atoms with Gasteiger partial charge in [0.1, 0.15) is 5.75 Å². The van der Waals surface area contributed by atoms with Crippen molar-refractivity contribution in [2.45, 2.75) is 32.8 Å². The molecule has 1 aliphatic rings. The number of hydrogen-bond acceptors (Lipinski definition) is 5. The number of aromatic nitrogens is 5. The van der Waals surface area contributed by atoms with Gasteiger partial charge >= 0.3 is 0 Å². The summed E-state index contributed by atoms with van der Waals surface area (Å²) in [6.07, 6.45) is 3.45. The van der Waals surface area contributed by atoms with Gasteiger partial charge in [0, 0.05) is 30.9 Å². The molecule has 3 heterocycles. The van der Waals surface area contributed by atoms with Crippen LogP contribution in [0.5, 0.6) is 5.75 Å². The lowest BCUT2D eigenvalue weighted by atomic mass is 10.1. The number of benzene rings is 2. The Bertz CT molecular complexity index is 1190. The molecule has 148 valence electrons. The zero-order chi connectivity index (χ0) is 20.0. The fourth-order valence-corrected chi connectivity index (χ4v) is 3.79. The molecule has 4 aromatic rings. The third-order valence-corrected chi connectivity index (χ3v) is 5.47. The number of fused-ring (bicyclic) bond motifs is 2. The summed E-state index contributed by atoms with van der Waals surface area (Å²) in [4.78, 5) is 4.90. The minimum absolute atomic E-state index is 0.0447. The molecule has 1 N–H and O–H groups in total. The Hall–Kier alpha value is -3.19. The number of H-pyrrole nitrogens is 1. The second-order valence-corrected chi connectivity index (χ2v) is 7.53. The van der Waals surface area contributed by atoms with Gasteiger partial charge in [-0.05, 0) is 55.3 Å². The van der Waals surface area contributed by atoms with Gasteiger partial charge in [-0.15, -0.1) is 0 Å². The highest BCUT2D eigenvalue weighted by molar-refractivity contribution is 5.84. The predicted molar refractivity (Wildman–Crippen MR) is 111 cm³/mol. The van der Waals surface area contributed by atoms with Crippen LogP contribution in [0.15, 0.2) is 36.5 Å². The summed E-state index contributed by atoms with van der Waals surface area (Å²) >= 11 is 0. The highest BCUT2D eigenvalue weighted by atomic mass is 16.5. The van der Waals surface area contributed by atoms with Crippen LogP contribution in [0.2, 0.25) is 0 Å². The third-order valence-electron chi connectivity index (χ3n) is 5.47. The Labute approximate surface area is 168 Å². The Morgan fingerprint density at radius 1 is 1.28 bits per heavy atom. The lowest BCUT2D eigenvalue weighted by Gasteiger charge is -2.10. The molecule has 0 bridgehead atoms. The Morgan fingerprint density at radius 2 is 2.17 bits per heavy atom. The monoisotopic (exact) mass is 389 g/mol. The van der Waals surface area contributed by atoms with Gasteiger partial charge in [-0.3, -0.25) is 5.10 Å². The molecule has 2 aromatic heterocycles. The van der Waals surface area contributed by atoms with Gasteiger partial charge in [0.05, 0.1) is 30.1 Å². The van der Waals surface area contributed by atoms with Crippen molar-refractivity contribution in [3.05, 3.63) is 53.5 Å². The van der Waals surface area contributed by atoms with Gasteiger partial charge in [-0.1, -0.05) is 0 Å². The topological polar surface area (TPSA) is 77.8 Å². The van der Waals surface area contributed by atoms with Gasteiger partial charge in [0.15, 0.2) is 11.6 Å².